The Labute approximate surface area is 138 Å². The number of carbonyl (C=O) groups is 2. The van der Waals surface area contributed by atoms with Gasteiger partial charge in [0.15, 0.2) is 5.78 Å². The summed E-state index contributed by atoms with van der Waals surface area (Å²) in [6.07, 6.45) is 1.37. The van der Waals surface area contributed by atoms with Gasteiger partial charge in [0, 0.05) is 17.7 Å². The Bertz CT molecular complexity index is 779. The zero-order valence-electron chi connectivity index (χ0n) is 13.0. The molecule has 2 rings (SSSR count). The van der Waals surface area contributed by atoms with Gasteiger partial charge in [0.2, 0.25) is 0 Å². The Balaban J connectivity index is 2.40. The first-order valence-electron chi connectivity index (χ1n) is 7.26. The quantitative estimate of drug-likeness (QED) is 0.154. The molecule has 0 atom stereocenters. The summed E-state index contributed by atoms with van der Waals surface area (Å²) < 4.78 is 4.94. The molecule has 0 bridgehead atoms. The predicted molar refractivity (Wildman–Crippen MR) is 88.5 cm³/mol. The highest BCUT2D eigenvalue weighted by Crippen LogP contribution is 2.17. The largest absolute Gasteiger partial charge is 0.462 e. The first-order valence-corrected chi connectivity index (χ1v) is 7.26. The van der Waals surface area contributed by atoms with E-state index in [-0.39, 0.29) is 17.9 Å². The van der Waals surface area contributed by atoms with Crippen LogP contribution in [0.3, 0.4) is 0 Å². The molecule has 0 saturated heterocycles. The van der Waals surface area contributed by atoms with E-state index in [1.165, 1.54) is 30.3 Å². The van der Waals surface area contributed by atoms with Crippen LogP contribution in [0, 0.1) is 10.1 Å². The number of nitro groups is 1. The summed E-state index contributed by atoms with van der Waals surface area (Å²) in [6, 6.07) is 13.9. The third kappa shape index (κ3) is 4.13. The number of non-ortho nitro benzene ring substituents is 1. The first-order chi connectivity index (χ1) is 11.5. The maximum atomic E-state index is 12.6. The number of nitrogens with zero attached hydrogens (tertiary/aromatic N) is 1. The number of esters is 1. The van der Waals surface area contributed by atoms with Crippen molar-refractivity contribution >= 4 is 23.5 Å². The van der Waals surface area contributed by atoms with E-state index < -0.39 is 16.7 Å². The molecule has 0 aliphatic heterocycles. The molecule has 0 radical (unpaired) electrons. The Morgan fingerprint density at radius 2 is 1.71 bits per heavy atom. The van der Waals surface area contributed by atoms with E-state index in [0.29, 0.717) is 11.1 Å². The van der Waals surface area contributed by atoms with Crippen LogP contribution in [-0.2, 0) is 9.53 Å². The average Bonchev–Trinajstić information content (AvgIpc) is 2.60. The summed E-state index contributed by atoms with van der Waals surface area (Å²) in [5.74, 6) is -1.20. The van der Waals surface area contributed by atoms with Crippen LogP contribution in [0.15, 0.2) is 60.2 Å². The molecular weight excluding hydrogens is 310 g/mol. The van der Waals surface area contributed by atoms with Crippen LogP contribution in [0.5, 0.6) is 0 Å². The molecule has 2 aromatic rings. The molecule has 0 unspecified atom stereocenters. The first kappa shape index (κ1) is 17.1. The van der Waals surface area contributed by atoms with Crippen molar-refractivity contribution in [2.75, 3.05) is 6.61 Å². The molecule has 122 valence electrons. The zero-order valence-corrected chi connectivity index (χ0v) is 13.0. The van der Waals surface area contributed by atoms with E-state index in [0.717, 1.165) is 0 Å². The highest BCUT2D eigenvalue weighted by atomic mass is 16.6. The zero-order chi connectivity index (χ0) is 17.5. The second-order valence-corrected chi connectivity index (χ2v) is 4.82. The normalized spacial score (nSPS) is 11.0. The molecule has 0 aliphatic carbocycles. The average molecular weight is 325 g/mol. The van der Waals surface area contributed by atoms with Crippen LogP contribution in [-0.4, -0.2) is 23.3 Å². The second-order valence-electron chi connectivity index (χ2n) is 4.82. The minimum absolute atomic E-state index is 0.0702. The lowest BCUT2D eigenvalue weighted by molar-refractivity contribution is -0.384. The number of carbonyl (C=O) groups excluding carboxylic acids is 2. The summed E-state index contributed by atoms with van der Waals surface area (Å²) in [5, 5.41) is 10.7. The highest BCUT2D eigenvalue weighted by Gasteiger charge is 2.21. The van der Waals surface area contributed by atoms with E-state index in [1.807, 2.05) is 0 Å². The van der Waals surface area contributed by atoms with Gasteiger partial charge < -0.3 is 4.74 Å². The van der Waals surface area contributed by atoms with E-state index in [9.17, 15) is 19.7 Å². The van der Waals surface area contributed by atoms with Crippen LogP contribution in [0.4, 0.5) is 5.69 Å². The lowest BCUT2D eigenvalue weighted by atomic mass is 10.0. The molecule has 6 nitrogen and oxygen atoms in total. The van der Waals surface area contributed by atoms with Crippen molar-refractivity contribution in [3.8, 4) is 0 Å². The van der Waals surface area contributed by atoms with Crippen molar-refractivity contribution in [1.82, 2.24) is 0 Å². The molecule has 0 aromatic heterocycles. The Morgan fingerprint density at radius 1 is 1.08 bits per heavy atom. The number of ketones is 1. The number of Topliss-reactive ketones (excluding diaryl/α,β-unsaturated/α-hetero) is 1. The third-order valence-corrected chi connectivity index (χ3v) is 3.19. The van der Waals surface area contributed by atoms with Crippen molar-refractivity contribution in [2.24, 2.45) is 0 Å². The summed E-state index contributed by atoms with van der Waals surface area (Å²) in [5.41, 5.74) is 0.655. The van der Waals surface area contributed by atoms with E-state index in [4.69, 9.17) is 4.74 Å². The van der Waals surface area contributed by atoms with Gasteiger partial charge in [-0.25, -0.2) is 4.79 Å². The van der Waals surface area contributed by atoms with Gasteiger partial charge in [0.1, 0.15) is 5.57 Å². The number of benzene rings is 2. The maximum absolute atomic E-state index is 12.6. The Hall–Kier alpha value is -3.28. The van der Waals surface area contributed by atoms with Gasteiger partial charge >= 0.3 is 5.97 Å². The van der Waals surface area contributed by atoms with Crippen molar-refractivity contribution in [1.29, 1.82) is 0 Å². The SMILES string of the molecule is CCOC(=O)/C(=C/c1ccc([N+](=O)[O-])cc1)C(=O)c1ccccc1. The fraction of sp³-hybridized carbons (Fsp3) is 0.111. The van der Waals surface area contributed by atoms with Gasteiger partial charge in [-0.05, 0) is 30.7 Å². The molecule has 0 heterocycles. The molecule has 24 heavy (non-hydrogen) atoms. The molecule has 2 aromatic carbocycles. The van der Waals surface area contributed by atoms with Gasteiger partial charge in [-0.1, -0.05) is 30.3 Å². The van der Waals surface area contributed by atoms with Crippen LogP contribution in [0.25, 0.3) is 6.08 Å². The smallest absolute Gasteiger partial charge is 0.342 e. The van der Waals surface area contributed by atoms with Gasteiger partial charge in [-0.15, -0.1) is 0 Å². The summed E-state index contributed by atoms with van der Waals surface area (Å²) in [6.45, 7) is 1.78. The summed E-state index contributed by atoms with van der Waals surface area (Å²) in [7, 11) is 0. The number of nitro benzene ring substituents is 1. The van der Waals surface area contributed by atoms with Crippen molar-refractivity contribution in [3.63, 3.8) is 0 Å². The van der Waals surface area contributed by atoms with Crippen LogP contribution >= 0.6 is 0 Å². The molecular formula is C18H15NO5. The lowest BCUT2D eigenvalue weighted by Gasteiger charge is -2.07. The number of rotatable bonds is 6. The van der Waals surface area contributed by atoms with E-state index in [2.05, 4.69) is 0 Å². The van der Waals surface area contributed by atoms with Gasteiger partial charge in [-0.2, -0.15) is 0 Å². The minimum Gasteiger partial charge on any atom is -0.462 e. The predicted octanol–water partition coefficient (Wildman–Crippen LogP) is 3.42. The monoisotopic (exact) mass is 325 g/mol. The number of hydrogen-bond acceptors (Lipinski definition) is 5. The second kappa shape index (κ2) is 7.82. The molecule has 0 N–H and O–H groups in total. The van der Waals surface area contributed by atoms with Crippen LogP contribution in [0.2, 0.25) is 0 Å². The number of ether oxygens (including phenoxy) is 1. The fourth-order valence-electron chi connectivity index (χ4n) is 2.03. The van der Waals surface area contributed by atoms with Crippen LogP contribution in [0.1, 0.15) is 22.8 Å². The molecule has 0 saturated carbocycles. The topological polar surface area (TPSA) is 86.5 Å². The maximum Gasteiger partial charge on any atom is 0.342 e. The summed E-state index contributed by atoms with van der Waals surface area (Å²) >= 11 is 0. The molecule has 0 amide bonds. The molecule has 0 aliphatic rings. The molecule has 0 spiro atoms. The Morgan fingerprint density at radius 3 is 2.25 bits per heavy atom. The van der Waals surface area contributed by atoms with Crippen molar-refractivity contribution in [3.05, 3.63) is 81.4 Å². The van der Waals surface area contributed by atoms with E-state index >= 15 is 0 Å². The standard InChI is InChI=1S/C18H15NO5/c1-2-24-18(21)16(17(20)14-6-4-3-5-7-14)12-13-8-10-15(11-9-13)19(22)23/h3-12H,2H2,1H3/b16-12+. The third-order valence-electron chi connectivity index (χ3n) is 3.19. The minimum atomic E-state index is -0.732. The lowest BCUT2D eigenvalue weighted by Crippen LogP contribution is -2.16. The summed E-state index contributed by atoms with van der Waals surface area (Å²) in [4.78, 5) is 34.8. The van der Waals surface area contributed by atoms with Gasteiger partial charge in [0.25, 0.3) is 5.69 Å². The highest BCUT2D eigenvalue weighted by molar-refractivity contribution is 6.26. The molecule has 6 heteroatoms. The number of hydrogen-bond donors (Lipinski definition) is 0. The van der Waals surface area contributed by atoms with Crippen LogP contribution < -0.4 is 0 Å². The molecule has 0 fully saturated rings. The Kier molecular flexibility index (Phi) is 5.57. The van der Waals surface area contributed by atoms with Gasteiger partial charge in [-0.3, -0.25) is 14.9 Å². The van der Waals surface area contributed by atoms with Gasteiger partial charge in [0.05, 0.1) is 11.5 Å². The van der Waals surface area contributed by atoms with Crippen molar-refractivity contribution in [2.45, 2.75) is 6.92 Å². The van der Waals surface area contributed by atoms with Crippen molar-refractivity contribution < 1.29 is 19.2 Å². The fourth-order valence-corrected chi connectivity index (χ4v) is 2.03. The van der Waals surface area contributed by atoms with E-state index in [1.54, 1.807) is 37.3 Å².